The van der Waals surface area contributed by atoms with Gasteiger partial charge in [-0.2, -0.15) is 0 Å². The molecule has 0 spiro atoms. The van der Waals surface area contributed by atoms with Crippen LogP contribution in [-0.2, 0) is 9.47 Å². The maximum Gasteiger partial charge on any atom is 0.198 e. The van der Waals surface area contributed by atoms with Crippen molar-refractivity contribution in [2.45, 2.75) is 50.3 Å². The molecular weight excluding hydrogens is 220 g/mol. The summed E-state index contributed by atoms with van der Waals surface area (Å²) in [6.07, 6.45) is 9.63. The van der Waals surface area contributed by atoms with Gasteiger partial charge in [-0.1, -0.05) is 18.2 Å². The van der Waals surface area contributed by atoms with Gasteiger partial charge in [-0.15, -0.1) is 0 Å². The summed E-state index contributed by atoms with van der Waals surface area (Å²) in [7, 11) is 0. The van der Waals surface area contributed by atoms with Gasteiger partial charge in [0.05, 0.1) is 0 Å². The molecule has 4 heteroatoms. The van der Waals surface area contributed by atoms with Crippen LogP contribution < -0.4 is 0 Å². The summed E-state index contributed by atoms with van der Waals surface area (Å²) < 4.78 is 10.9. The molecule has 0 aromatic carbocycles. The van der Waals surface area contributed by atoms with Crippen LogP contribution in [0.15, 0.2) is 24.3 Å². The first-order valence-corrected chi connectivity index (χ1v) is 6.12. The van der Waals surface area contributed by atoms with Gasteiger partial charge >= 0.3 is 0 Å². The van der Waals surface area contributed by atoms with Crippen molar-refractivity contribution in [2.24, 2.45) is 0 Å². The standard InChI is InChI=1S/C13H20O4/c1-12(14,13(15)8-4-2-5-9-13)17-11-7-3-6-10-16-11/h2,4-5,8,11,14-15H,3,6-7,9-10H2,1H3. The average molecular weight is 240 g/mol. The van der Waals surface area contributed by atoms with E-state index in [2.05, 4.69) is 0 Å². The molecule has 96 valence electrons. The van der Waals surface area contributed by atoms with E-state index in [4.69, 9.17) is 9.47 Å². The molecule has 4 nitrogen and oxygen atoms in total. The zero-order chi connectivity index (χ0) is 12.4. The van der Waals surface area contributed by atoms with Crippen molar-refractivity contribution in [3.8, 4) is 0 Å². The third-order valence-corrected chi connectivity index (χ3v) is 3.35. The lowest BCUT2D eigenvalue weighted by molar-refractivity contribution is -0.338. The first kappa shape index (κ1) is 12.8. The summed E-state index contributed by atoms with van der Waals surface area (Å²) in [5.41, 5.74) is -1.39. The second-order valence-electron chi connectivity index (χ2n) is 4.81. The molecule has 1 aliphatic heterocycles. The number of allylic oxidation sites excluding steroid dienone is 2. The summed E-state index contributed by atoms with van der Waals surface area (Å²) in [5.74, 6) is -1.64. The maximum atomic E-state index is 10.4. The van der Waals surface area contributed by atoms with E-state index in [1.54, 1.807) is 18.2 Å². The quantitative estimate of drug-likeness (QED) is 0.734. The Kier molecular flexibility index (Phi) is 3.68. The third kappa shape index (κ3) is 2.77. The molecule has 2 N–H and O–H groups in total. The number of aliphatic hydroxyl groups is 2. The van der Waals surface area contributed by atoms with Gasteiger partial charge in [-0.05, 0) is 32.3 Å². The van der Waals surface area contributed by atoms with E-state index in [1.165, 1.54) is 6.92 Å². The highest BCUT2D eigenvalue weighted by atomic mass is 16.7. The highest BCUT2D eigenvalue weighted by Crippen LogP contribution is 2.33. The number of rotatable bonds is 3. The SMILES string of the molecule is CC(O)(OC1CCCCO1)C1(O)C=CC=CC1. The van der Waals surface area contributed by atoms with Crippen LogP contribution in [0.3, 0.4) is 0 Å². The number of hydrogen-bond acceptors (Lipinski definition) is 4. The third-order valence-electron chi connectivity index (χ3n) is 3.35. The van der Waals surface area contributed by atoms with Crippen LogP contribution in [0.5, 0.6) is 0 Å². The van der Waals surface area contributed by atoms with Gasteiger partial charge in [0, 0.05) is 13.0 Å². The topological polar surface area (TPSA) is 58.9 Å². The van der Waals surface area contributed by atoms with Crippen molar-refractivity contribution in [2.75, 3.05) is 6.61 Å². The van der Waals surface area contributed by atoms with E-state index in [-0.39, 0.29) is 0 Å². The Labute approximate surface area is 102 Å². The van der Waals surface area contributed by atoms with Crippen molar-refractivity contribution < 1.29 is 19.7 Å². The van der Waals surface area contributed by atoms with E-state index in [0.717, 1.165) is 19.3 Å². The molecule has 3 atom stereocenters. The second-order valence-corrected chi connectivity index (χ2v) is 4.81. The Morgan fingerprint density at radius 1 is 1.41 bits per heavy atom. The largest absolute Gasteiger partial charge is 0.380 e. The highest BCUT2D eigenvalue weighted by molar-refractivity contribution is 5.21. The second kappa shape index (κ2) is 4.90. The van der Waals surface area contributed by atoms with E-state index in [9.17, 15) is 10.2 Å². The van der Waals surface area contributed by atoms with Gasteiger partial charge in [-0.3, -0.25) is 0 Å². The molecule has 0 radical (unpaired) electrons. The lowest BCUT2D eigenvalue weighted by Gasteiger charge is -2.41. The molecule has 3 unspecified atom stereocenters. The van der Waals surface area contributed by atoms with Gasteiger partial charge < -0.3 is 19.7 Å². The summed E-state index contributed by atoms with van der Waals surface area (Å²) in [6.45, 7) is 2.13. The van der Waals surface area contributed by atoms with Crippen molar-refractivity contribution in [1.82, 2.24) is 0 Å². The van der Waals surface area contributed by atoms with Crippen LogP contribution in [0.4, 0.5) is 0 Å². The van der Waals surface area contributed by atoms with Crippen molar-refractivity contribution in [3.05, 3.63) is 24.3 Å². The molecule has 2 rings (SSSR count). The molecule has 2 aliphatic rings. The smallest absolute Gasteiger partial charge is 0.198 e. The minimum atomic E-state index is -1.64. The lowest BCUT2D eigenvalue weighted by atomic mass is 9.87. The predicted octanol–water partition coefficient (Wildman–Crippen LogP) is 1.49. The van der Waals surface area contributed by atoms with Crippen LogP contribution in [0.1, 0.15) is 32.6 Å². The van der Waals surface area contributed by atoms with Crippen molar-refractivity contribution >= 4 is 0 Å². The molecule has 1 aliphatic carbocycles. The highest BCUT2D eigenvalue weighted by Gasteiger charge is 2.46. The van der Waals surface area contributed by atoms with Gasteiger partial charge in [0.15, 0.2) is 12.1 Å². The first-order valence-electron chi connectivity index (χ1n) is 6.12. The predicted molar refractivity (Wildman–Crippen MR) is 63.1 cm³/mol. The Bertz CT molecular complexity index is 315. The molecule has 1 saturated heterocycles. The summed E-state index contributed by atoms with van der Waals surface area (Å²) in [4.78, 5) is 0. The Balaban J connectivity index is 2.01. The molecule has 0 saturated carbocycles. The average Bonchev–Trinajstić information content (AvgIpc) is 2.30. The summed E-state index contributed by atoms with van der Waals surface area (Å²) in [5, 5.41) is 20.7. The van der Waals surface area contributed by atoms with Crippen molar-refractivity contribution in [1.29, 1.82) is 0 Å². The first-order chi connectivity index (χ1) is 8.04. The fourth-order valence-electron chi connectivity index (χ4n) is 2.12. The molecule has 1 fully saturated rings. The zero-order valence-corrected chi connectivity index (χ0v) is 10.1. The van der Waals surface area contributed by atoms with Crippen LogP contribution in [-0.4, -0.2) is 34.5 Å². The summed E-state index contributed by atoms with van der Waals surface area (Å²) in [6, 6.07) is 0. The minimum absolute atomic E-state index is 0.337. The fourth-order valence-corrected chi connectivity index (χ4v) is 2.12. The lowest BCUT2D eigenvalue weighted by Crippen LogP contribution is -2.55. The summed E-state index contributed by atoms with van der Waals surface area (Å²) >= 11 is 0. The molecule has 0 aromatic heterocycles. The zero-order valence-electron chi connectivity index (χ0n) is 10.1. The van der Waals surface area contributed by atoms with E-state index < -0.39 is 17.7 Å². The molecule has 17 heavy (non-hydrogen) atoms. The van der Waals surface area contributed by atoms with Crippen LogP contribution >= 0.6 is 0 Å². The molecule has 0 aromatic rings. The van der Waals surface area contributed by atoms with E-state index in [0.29, 0.717) is 13.0 Å². The molecular formula is C13H20O4. The minimum Gasteiger partial charge on any atom is -0.380 e. The fraction of sp³-hybridized carbons (Fsp3) is 0.692. The van der Waals surface area contributed by atoms with Gasteiger partial charge in [-0.25, -0.2) is 0 Å². The number of hydrogen-bond donors (Lipinski definition) is 2. The Hall–Kier alpha value is -0.680. The van der Waals surface area contributed by atoms with Crippen molar-refractivity contribution in [3.63, 3.8) is 0 Å². The van der Waals surface area contributed by atoms with Crippen LogP contribution in [0.2, 0.25) is 0 Å². The molecule has 0 bridgehead atoms. The molecule has 1 heterocycles. The van der Waals surface area contributed by atoms with Crippen LogP contribution in [0, 0.1) is 0 Å². The van der Waals surface area contributed by atoms with Gasteiger partial charge in [0.25, 0.3) is 0 Å². The maximum absolute atomic E-state index is 10.4. The number of ether oxygens (including phenoxy) is 2. The molecule has 0 amide bonds. The van der Waals surface area contributed by atoms with E-state index >= 15 is 0 Å². The van der Waals surface area contributed by atoms with Gasteiger partial charge in [0.2, 0.25) is 0 Å². The normalized spacial score (nSPS) is 36.8. The monoisotopic (exact) mass is 240 g/mol. The Morgan fingerprint density at radius 2 is 2.24 bits per heavy atom. The Morgan fingerprint density at radius 3 is 2.82 bits per heavy atom. The van der Waals surface area contributed by atoms with Gasteiger partial charge in [0.1, 0.15) is 5.60 Å². The van der Waals surface area contributed by atoms with E-state index in [1.807, 2.05) is 6.08 Å². The van der Waals surface area contributed by atoms with Crippen LogP contribution in [0.25, 0.3) is 0 Å².